The fourth-order valence-electron chi connectivity index (χ4n) is 9.73. The molecule has 4 rings (SSSR count). The van der Waals surface area contributed by atoms with Crippen LogP contribution in [0, 0.1) is 58.2 Å². The molecule has 0 heterocycles. The van der Waals surface area contributed by atoms with Crippen LogP contribution in [0.4, 0.5) is 0 Å². The smallest absolute Gasteiger partial charge is 0.293 e. The van der Waals surface area contributed by atoms with Gasteiger partial charge in [0.2, 0.25) is 0 Å². The maximum Gasteiger partial charge on any atom is 0.293 e. The zero-order chi connectivity index (χ0) is 22.4. The highest BCUT2D eigenvalue weighted by Crippen LogP contribution is 2.70. The fraction of sp³-hybridized carbons (Fsp3) is 0.963. The van der Waals surface area contributed by atoms with Crippen LogP contribution < -0.4 is 0 Å². The first-order valence-corrected chi connectivity index (χ1v) is 13.2. The van der Waals surface area contributed by atoms with Crippen molar-refractivity contribution in [2.75, 3.05) is 6.61 Å². The molecule has 0 radical (unpaired) electrons. The van der Waals surface area contributed by atoms with E-state index in [0.29, 0.717) is 53.4 Å². The normalized spacial score (nSPS) is 50.1. The second-order valence-corrected chi connectivity index (χ2v) is 12.4. The van der Waals surface area contributed by atoms with Crippen LogP contribution in [-0.4, -0.2) is 24.4 Å². The van der Waals surface area contributed by atoms with Crippen LogP contribution >= 0.6 is 0 Å². The molecule has 4 nitrogen and oxygen atoms in total. The molecular formula is C27H46O4. The summed E-state index contributed by atoms with van der Waals surface area (Å²) in [5, 5.41) is 9.57. The van der Waals surface area contributed by atoms with Crippen molar-refractivity contribution in [3.05, 3.63) is 0 Å². The van der Waals surface area contributed by atoms with Gasteiger partial charge in [-0.2, -0.15) is 0 Å². The zero-order valence-electron chi connectivity index (χ0n) is 20.5. The summed E-state index contributed by atoms with van der Waals surface area (Å²) in [5.41, 5.74) is 0.468. The second-order valence-electron chi connectivity index (χ2n) is 12.4. The molecule has 4 heteroatoms. The highest BCUT2D eigenvalue weighted by atomic mass is 17.1. The number of carbonyl (C=O) groups excluding carboxylic acids is 1. The molecule has 4 fully saturated rings. The number of carbonyl (C=O) groups is 1. The number of fused-ring (bicyclic) bond motifs is 5. The van der Waals surface area contributed by atoms with Crippen molar-refractivity contribution < 1.29 is 19.7 Å². The Labute approximate surface area is 189 Å². The molecule has 178 valence electrons. The molecule has 0 amide bonds. The van der Waals surface area contributed by atoms with Gasteiger partial charge in [-0.15, -0.1) is 0 Å². The van der Waals surface area contributed by atoms with E-state index in [2.05, 4.69) is 34.6 Å². The summed E-state index contributed by atoms with van der Waals surface area (Å²) in [6, 6.07) is 0. The fourth-order valence-corrected chi connectivity index (χ4v) is 9.73. The molecule has 11 unspecified atom stereocenters. The van der Waals surface area contributed by atoms with E-state index >= 15 is 0 Å². The van der Waals surface area contributed by atoms with Crippen molar-refractivity contribution in [3.8, 4) is 0 Å². The second kappa shape index (κ2) is 8.97. The van der Waals surface area contributed by atoms with E-state index < -0.39 is 0 Å². The Morgan fingerprint density at radius 2 is 1.90 bits per heavy atom. The molecule has 4 aliphatic carbocycles. The van der Waals surface area contributed by atoms with Gasteiger partial charge in [-0.05, 0) is 90.8 Å². The van der Waals surface area contributed by atoms with Crippen LogP contribution in [-0.2, 0) is 14.4 Å². The van der Waals surface area contributed by atoms with Crippen LogP contribution in [0.25, 0.3) is 0 Å². The molecule has 0 aromatic heterocycles. The molecule has 0 saturated heterocycles. The SMILES string of the molecule is CCCC(C)C1CCC2C3C(OC=O)CC4CC(C)CCC4(C)C3CC(COO)C12C. The van der Waals surface area contributed by atoms with Gasteiger partial charge in [-0.25, -0.2) is 4.89 Å². The van der Waals surface area contributed by atoms with Gasteiger partial charge in [0.15, 0.2) is 0 Å². The summed E-state index contributed by atoms with van der Waals surface area (Å²) in [6.07, 6.45) is 11.1. The van der Waals surface area contributed by atoms with Crippen molar-refractivity contribution in [3.63, 3.8) is 0 Å². The minimum absolute atomic E-state index is 0.0615. The van der Waals surface area contributed by atoms with E-state index in [1.807, 2.05) is 0 Å². The third kappa shape index (κ3) is 3.68. The lowest BCUT2D eigenvalue weighted by Gasteiger charge is -2.64. The molecule has 0 aromatic carbocycles. The lowest BCUT2D eigenvalue weighted by Crippen LogP contribution is -2.61. The van der Waals surface area contributed by atoms with Crippen LogP contribution in [0.15, 0.2) is 0 Å². The minimum Gasteiger partial charge on any atom is -0.464 e. The van der Waals surface area contributed by atoms with Crippen molar-refractivity contribution in [2.24, 2.45) is 58.2 Å². The predicted molar refractivity (Wildman–Crippen MR) is 122 cm³/mol. The number of ether oxygens (including phenoxy) is 1. The van der Waals surface area contributed by atoms with Crippen LogP contribution in [0.1, 0.15) is 92.4 Å². The summed E-state index contributed by atoms with van der Waals surface area (Å²) < 4.78 is 5.91. The standard InChI is InChI=1S/C27H46O4/c1-6-7-18(3)21-8-9-22-25-23(13-20(15-31-29)27(21,22)5)26(4)11-10-17(2)12-19(26)14-24(25)30-16-28/h16-25,29H,6-15H2,1-5H3. The monoisotopic (exact) mass is 434 g/mol. The van der Waals surface area contributed by atoms with E-state index in [1.54, 1.807) is 0 Å². The highest BCUT2D eigenvalue weighted by Gasteiger charge is 2.66. The topological polar surface area (TPSA) is 55.8 Å². The third-order valence-corrected chi connectivity index (χ3v) is 11.3. The molecule has 4 saturated carbocycles. The molecule has 0 spiro atoms. The van der Waals surface area contributed by atoms with Gasteiger partial charge in [0, 0.05) is 5.92 Å². The predicted octanol–water partition coefficient (Wildman–Crippen LogP) is 6.58. The first kappa shape index (κ1) is 23.5. The molecule has 4 aliphatic rings. The van der Waals surface area contributed by atoms with Gasteiger partial charge in [0.25, 0.3) is 6.47 Å². The Kier molecular flexibility index (Phi) is 6.81. The summed E-state index contributed by atoms with van der Waals surface area (Å²) in [7, 11) is 0. The van der Waals surface area contributed by atoms with Crippen LogP contribution in [0.5, 0.6) is 0 Å². The quantitative estimate of drug-likeness (QED) is 0.279. The number of hydrogen-bond donors (Lipinski definition) is 1. The Bertz CT molecular complexity index is 637. The Balaban J connectivity index is 1.73. The Hall–Kier alpha value is -0.610. The molecular weight excluding hydrogens is 388 g/mol. The van der Waals surface area contributed by atoms with Gasteiger partial charge in [0.1, 0.15) is 6.10 Å². The zero-order valence-corrected chi connectivity index (χ0v) is 20.5. The summed E-state index contributed by atoms with van der Waals surface area (Å²) >= 11 is 0. The molecule has 0 bridgehead atoms. The van der Waals surface area contributed by atoms with Gasteiger partial charge in [-0.1, -0.05) is 53.9 Å². The third-order valence-electron chi connectivity index (χ3n) is 11.3. The van der Waals surface area contributed by atoms with Crippen molar-refractivity contribution in [1.29, 1.82) is 0 Å². The largest absolute Gasteiger partial charge is 0.464 e. The van der Waals surface area contributed by atoms with Crippen molar-refractivity contribution >= 4 is 6.47 Å². The van der Waals surface area contributed by atoms with E-state index in [0.717, 1.165) is 25.2 Å². The van der Waals surface area contributed by atoms with E-state index in [1.165, 1.54) is 44.9 Å². The number of rotatable bonds is 7. The first-order valence-electron chi connectivity index (χ1n) is 13.2. The first-order chi connectivity index (χ1) is 14.8. The lowest BCUT2D eigenvalue weighted by molar-refractivity contribution is -0.276. The summed E-state index contributed by atoms with van der Waals surface area (Å²) in [5.74, 6) is 4.69. The molecule has 0 aliphatic heterocycles. The minimum atomic E-state index is 0.0615. The molecule has 0 aromatic rings. The van der Waals surface area contributed by atoms with Gasteiger partial charge >= 0.3 is 0 Å². The van der Waals surface area contributed by atoms with Crippen LogP contribution in [0.3, 0.4) is 0 Å². The molecule has 11 atom stereocenters. The Morgan fingerprint density at radius 3 is 2.58 bits per heavy atom. The van der Waals surface area contributed by atoms with E-state index in [-0.39, 0.29) is 11.5 Å². The Morgan fingerprint density at radius 1 is 1.13 bits per heavy atom. The van der Waals surface area contributed by atoms with Gasteiger partial charge in [-0.3, -0.25) is 10.1 Å². The van der Waals surface area contributed by atoms with Gasteiger partial charge in [0.05, 0.1) is 6.61 Å². The van der Waals surface area contributed by atoms with Gasteiger partial charge < -0.3 is 4.74 Å². The maximum atomic E-state index is 11.6. The highest BCUT2D eigenvalue weighted by molar-refractivity contribution is 5.38. The number of hydrogen-bond acceptors (Lipinski definition) is 4. The average molecular weight is 435 g/mol. The van der Waals surface area contributed by atoms with E-state index in [9.17, 15) is 10.1 Å². The van der Waals surface area contributed by atoms with E-state index in [4.69, 9.17) is 9.62 Å². The van der Waals surface area contributed by atoms with Crippen molar-refractivity contribution in [2.45, 2.75) is 98.5 Å². The average Bonchev–Trinajstić information content (AvgIpc) is 3.08. The maximum absolute atomic E-state index is 11.6. The molecule has 31 heavy (non-hydrogen) atoms. The lowest BCUT2D eigenvalue weighted by atomic mass is 9.41. The molecule has 1 N–H and O–H groups in total. The van der Waals surface area contributed by atoms with Crippen LogP contribution in [0.2, 0.25) is 0 Å². The summed E-state index contributed by atoms with van der Waals surface area (Å²) in [4.78, 5) is 16.5. The van der Waals surface area contributed by atoms with Crippen molar-refractivity contribution in [1.82, 2.24) is 0 Å². The summed E-state index contributed by atoms with van der Waals surface area (Å²) in [6.45, 7) is 13.3.